The molecule has 4 rings (SSSR count). The highest BCUT2D eigenvalue weighted by Gasteiger charge is 2.33. The van der Waals surface area contributed by atoms with E-state index in [2.05, 4.69) is 26.1 Å². The Bertz CT molecular complexity index is 927. The van der Waals surface area contributed by atoms with Gasteiger partial charge >= 0.3 is 6.18 Å². The van der Waals surface area contributed by atoms with Gasteiger partial charge in [-0.1, -0.05) is 35.9 Å². The molecular weight excluding hydrogens is 445 g/mol. The fourth-order valence-corrected chi connectivity index (χ4v) is 5.09. The lowest BCUT2D eigenvalue weighted by Gasteiger charge is -2.39. The van der Waals surface area contributed by atoms with Crippen LogP contribution in [0.5, 0.6) is 0 Å². The summed E-state index contributed by atoms with van der Waals surface area (Å²) in [4.78, 5) is 6.97. The second-order valence-corrected chi connectivity index (χ2v) is 9.04. The highest BCUT2D eigenvalue weighted by atomic mass is 35.5. The van der Waals surface area contributed by atoms with E-state index in [0.717, 1.165) is 68.2 Å². The van der Waals surface area contributed by atoms with Gasteiger partial charge in [-0.3, -0.25) is 4.90 Å². The van der Waals surface area contributed by atoms with Gasteiger partial charge < -0.3 is 9.80 Å². The number of rotatable bonds is 5. The number of alkyl halides is 3. The van der Waals surface area contributed by atoms with Crippen molar-refractivity contribution in [3.8, 4) is 0 Å². The van der Waals surface area contributed by atoms with Crippen molar-refractivity contribution in [3.05, 3.63) is 70.2 Å². The average molecular weight is 469 g/mol. The predicted octanol–water partition coefficient (Wildman–Crippen LogP) is 4.84. The van der Waals surface area contributed by atoms with Crippen LogP contribution >= 0.6 is 23.5 Å². The number of piperazine rings is 1. The lowest BCUT2D eigenvalue weighted by atomic mass is 10.1. The number of hydrogen-bond acceptors (Lipinski definition) is 5. The fraction of sp³-hybridized carbons (Fsp3) is 0.409. The van der Waals surface area contributed by atoms with Gasteiger partial charge in [0.15, 0.2) is 5.50 Å². The maximum Gasteiger partial charge on any atom is 0.416 e. The summed E-state index contributed by atoms with van der Waals surface area (Å²) in [6, 6.07) is 13.2. The first-order valence-corrected chi connectivity index (χ1v) is 11.4. The molecule has 1 saturated heterocycles. The molecule has 166 valence electrons. The molecule has 0 N–H and O–H groups in total. The molecule has 1 fully saturated rings. The minimum absolute atomic E-state index is 0.158. The third-order valence-electron chi connectivity index (χ3n) is 5.70. The normalized spacial score (nSPS) is 20.9. The van der Waals surface area contributed by atoms with Crippen molar-refractivity contribution < 1.29 is 13.2 Å². The lowest BCUT2D eigenvalue weighted by Crippen LogP contribution is -2.53. The van der Waals surface area contributed by atoms with Crippen molar-refractivity contribution in [1.29, 1.82) is 0 Å². The summed E-state index contributed by atoms with van der Waals surface area (Å²) in [5.41, 5.74) is 1.51. The van der Waals surface area contributed by atoms with E-state index in [4.69, 9.17) is 11.6 Å². The molecule has 2 aliphatic rings. The highest BCUT2D eigenvalue weighted by molar-refractivity contribution is 7.99. The molecule has 2 aromatic rings. The number of benzene rings is 2. The van der Waals surface area contributed by atoms with Gasteiger partial charge in [-0.25, -0.2) is 0 Å². The first kappa shape index (κ1) is 22.5. The van der Waals surface area contributed by atoms with Crippen molar-refractivity contribution in [2.75, 3.05) is 39.8 Å². The van der Waals surface area contributed by atoms with Crippen LogP contribution in [0.4, 0.5) is 13.2 Å². The van der Waals surface area contributed by atoms with Gasteiger partial charge in [0, 0.05) is 62.3 Å². The van der Waals surface area contributed by atoms with Gasteiger partial charge in [-0.2, -0.15) is 17.6 Å². The van der Waals surface area contributed by atoms with Crippen molar-refractivity contribution in [3.63, 3.8) is 0 Å². The van der Waals surface area contributed by atoms with Gasteiger partial charge in [0.25, 0.3) is 0 Å². The van der Waals surface area contributed by atoms with Crippen LogP contribution < -0.4 is 0 Å². The van der Waals surface area contributed by atoms with E-state index in [1.165, 1.54) is 0 Å². The molecule has 1 unspecified atom stereocenters. The monoisotopic (exact) mass is 468 g/mol. The van der Waals surface area contributed by atoms with Gasteiger partial charge in [-0.15, -0.1) is 0 Å². The molecule has 0 aliphatic carbocycles. The topological polar surface area (TPSA) is 22.1 Å². The molecule has 1 atom stereocenters. The third kappa shape index (κ3) is 5.37. The molecule has 2 aliphatic heterocycles. The number of halogens is 4. The van der Waals surface area contributed by atoms with Gasteiger partial charge in [0.05, 0.1) is 5.56 Å². The zero-order chi connectivity index (χ0) is 22.0. The Hall–Kier alpha value is -1.74. The summed E-state index contributed by atoms with van der Waals surface area (Å²) in [5.74, 6) is 0.933. The summed E-state index contributed by atoms with van der Waals surface area (Å²) < 4.78 is 42.8. The predicted molar refractivity (Wildman–Crippen MR) is 120 cm³/mol. The molecule has 0 amide bonds. The van der Waals surface area contributed by atoms with E-state index >= 15 is 0 Å². The second kappa shape index (κ2) is 9.40. The zero-order valence-corrected chi connectivity index (χ0v) is 18.7. The molecule has 0 spiro atoms. The van der Waals surface area contributed by atoms with E-state index in [-0.39, 0.29) is 5.50 Å². The molecule has 2 aromatic carbocycles. The van der Waals surface area contributed by atoms with Crippen LogP contribution in [0.3, 0.4) is 0 Å². The van der Waals surface area contributed by atoms with Gasteiger partial charge in [0.1, 0.15) is 5.84 Å². The van der Waals surface area contributed by atoms with Crippen LogP contribution in [-0.2, 0) is 12.6 Å². The maximum atomic E-state index is 12.7. The molecule has 0 bridgehead atoms. The number of hydrogen-bond donors (Lipinski definition) is 0. The van der Waals surface area contributed by atoms with Crippen molar-refractivity contribution in [2.45, 2.75) is 18.1 Å². The number of nitrogens with zero attached hydrogens (tertiary/aromatic N) is 4. The zero-order valence-electron chi connectivity index (χ0n) is 17.1. The minimum atomic E-state index is -4.28. The Balaban J connectivity index is 1.26. The lowest BCUT2D eigenvalue weighted by molar-refractivity contribution is -0.137. The van der Waals surface area contributed by atoms with Crippen molar-refractivity contribution in [2.24, 2.45) is 4.40 Å². The Morgan fingerprint density at radius 2 is 1.77 bits per heavy atom. The van der Waals surface area contributed by atoms with Crippen LogP contribution in [0.25, 0.3) is 0 Å². The summed E-state index contributed by atoms with van der Waals surface area (Å²) in [7, 11) is 2.06. The first-order chi connectivity index (χ1) is 14.8. The van der Waals surface area contributed by atoms with E-state index in [0.29, 0.717) is 5.02 Å². The highest BCUT2D eigenvalue weighted by Crippen LogP contribution is 2.31. The van der Waals surface area contributed by atoms with Crippen LogP contribution in [0.2, 0.25) is 5.02 Å². The standard InChI is InChI=1S/C22H24ClF3N4S/c1-28-20(17-3-2-4-19(23)15-17)27-31-21(28)30-13-11-29(12-14-30)10-9-16-5-7-18(8-6-16)22(24,25)26/h2-8,15,21H,9-14H2,1H3. The SMILES string of the molecule is CN1C(c2cccc(Cl)c2)=NSC1N1CCN(CCc2ccc(C(F)(F)F)cc2)CC1. The Labute approximate surface area is 189 Å². The van der Waals surface area contributed by atoms with E-state index in [1.54, 1.807) is 24.1 Å². The molecule has 0 aromatic heterocycles. The van der Waals surface area contributed by atoms with E-state index in [1.807, 2.05) is 24.3 Å². The quantitative estimate of drug-likeness (QED) is 0.585. The summed E-state index contributed by atoms with van der Waals surface area (Å²) in [6.07, 6.45) is -3.53. The molecule has 4 nitrogen and oxygen atoms in total. The van der Waals surface area contributed by atoms with Crippen molar-refractivity contribution >= 4 is 29.4 Å². The van der Waals surface area contributed by atoms with Crippen LogP contribution in [-0.4, -0.2) is 65.8 Å². The Morgan fingerprint density at radius 1 is 1.06 bits per heavy atom. The van der Waals surface area contributed by atoms with Crippen LogP contribution in [0, 0.1) is 0 Å². The summed E-state index contributed by atoms with van der Waals surface area (Å²) in [5, 5.41) is 0.698. The Morgan fingerprint density at radius 3 is 2.42 bits per heavy atom. The minimum Gasteiger partial charge on any atom is -0.332 e. The van der Waals surface area contributed by atoms with Crippen LogP contribution in [0.15, 0.2) is 52.9 Å². The smallest absolute Gasteiger partial charge is 0.332 e. The molecular formula is C22H24ClF3N4S. The summed E-state index contributed by atoms with van der Waals surface area (Å²) in [6.45, 7) is 4.55. The first-order valence-electron chi connectivity index (χ1n) is 10.2. The number of amidine groups is 1. The molecule has 0 radical (unpaired) electrons. The maximum absolute atomic E-state index is 12.7. The van der Waals surface area contributed by atoms with Crippen molar-refractivity contribution in [1.82, 2.24) is 14.7 Å². The molecule has 0 saturated carbocycles. The van der Waals surface area contributed by atoms with Crippen LogP contribution in [0.1, 0.15) is 16.7 Å². The molecule has 9 heteroatoms. The van der Waals surface area contributed by atoms with E-state index in [9.17, 15) is 13.2 Å². The molecule has 31 heavy (non-hydrogen) atoms. The Kier molecular flexibility index (Phi) is 6.81. The average Bonchev–Trinajstić information content (AvgIpc) is 3.13. The van der Waals surface area contributed by atoms with Gasteiger partial charge in [-0.05, 0) is 36.2 Å². The fourth-order valence-electron chi connectivity index (χ4n) is 3.89. The third-order valence-corrected chi connectivity index (χ3v) is 7.02. The van der Waals surface area contributed by atoms with E-state index < -0.39 is 11.7 Å². The molecule has 2 heterocycles. The largest absolute Gasteiger partial charge is 0.416 e. The summed E-state index contributed by atoms with van der Waals surface area (Å²) >= 11 is 7.69. The van der Waals surface area contributed by atoms with Gasteiger partial charge in [0.2, 0.25) is 0 Å². The second-order valence-electron chi connectivity index (χ2n) is 7.79.